The fraction of sp³-hybridized carbons (Fsp3) is 0.696. The molecule has 3 nitrogen and oxygen atoms in total. The van der Waals surface area contributed by atoms with Crippen LogP contribution in [-0.4, -0.2) is 29.9 Å². The van der Waals surface area contributed by atoms with Crippen LogP contribution in [0.5, 0.6) is 0 Å². The molecular weight excluding hydrogens is 320 g/mol. The van der Waals surface area contributed by atoms with Gasteiger partial charge in [-0.15, -0.1) is 0 Å². The van der Waals surface area contributed by atoms with E-state index in [1.165, 1.54) is 69.2 Å². The smallest absolute Gasteiger partial charge is 0.217 e. The van der Waals surface area contributed by atoms with Crippen molar-refractivity contribution >= 4 is 5.91 Å². The van der Waals surface area contributed by atoms with Gasteiger partial charge in [0.05, 0.1) is 6.04 Å². The van der Waals surface area contributed by atoms with Crippen LogP contribution in [-0.2, 0) is 10.2 Å². The van der Waals surface area contributed by atoms with Crippen molar-refractivity contribution in [3.63, 3.8) is 0 Å². The highest BCUT2D eigenvalue weighted by Gasteiger charge is 2.47. The number of piperidine rings is 1. The molecule has 3 fully saturated rings. The first kappa shape index (κ1) is 16.8. The molecule has 4 atom stereocenters. The molecule has 2 saturated carbocycles. The summed E-state index contributed by atoms with van der Waals surface area (Å²) in [6, 6.07) is 10.0. The van der Waals surface area contributed by atoms with Crippen molar-refractivity contribution in [2.75, 3.05) is 13.1 Å². The number of hydrogen-bond acceptors (Lipinski definition) is 2. The van der Waals surface area contributed by atoms with Crippen molar-refractivity contribution in [1.82, 2.24) is 10.2 Å². The van der Waals surface area contributed by atoms with Gasteiger partial charge >= 0.3 is 0 Å². The van der Waals surface area contributed by atoms with Crippen LogP contribution in [0.25, 0.3) is 0 Å². The molecule has 1 saturated heterocycles. The minimum Gasteiger partial charge on any atom is -0.350 e. The molecule has 4 aliphatic rings. The largest absolute Gasteiger partial charge is 0.350 e. The van der Waals surface area contributed by atoms with E-state index in [1.54, 1.807) is 6.92 Å². The van der Waals surface area contributed by atoms with E-state index in [-0.39, 0.29) is 11.9 Å². The second-order valence-electron chi connectivity index (χ2n) is 9.44. The number of fused-ring (bicyclic) bond motifs is 4. The number of carbonyl (C=O) groups excluding carboxylic acids is 1. The lowest BCUT2D eigenvalue weighted by Gasteiger charge is -2.49. The molecular formula is C23H32N2O. The average Bonchev–Trinajstić information content (AvgIpc) is 3.28. The zero-order valence-corrected chi connectivity index (χ0v) is 16.0. The molecule has 0 radical (unpaired) electrons. The van der Waals surface area contributed by atoms with Crippen LogP contribution >= 0.6 is 0 Å². The van der Waals surface area contributed by atoms with Gasteiger partial charge in [0.25, 0.3) is 0 Å². The highest BCUT2D eigenvalue weighted by atomic mass is 16.1. The number of carbonyl (C=O) groups is 1. The topological polar surface area (TPSA) is 32.3 Å². The molecule has 2 bridgehead atoms. The summed E-state index contributed by atoms with van der Waals surface area (Å²) < 4.78 is 0. The lowest BCUT2D eigenvalue weighted by molar-refractivity contribution is -0.119. The monoisotopic (exact) mass is 352 g/mol. The van der Waals surface area contributed by atoms with Gasteiger partial charge in [0.2, 0.25) is 5.91 Å². The standard InChI is InChI=1S/C23H32N2O/c1-16(26)24-21-8-9-23(20-5-3-2-4-19(20)21)10-12-25(13-11-23)22-15-17-6-7-18(22)14-17/h2-5,17-18,21-22H,6-15H2,1H3,(H,24,26)/t17-,18+,21+,22+/m0/s1. The fourth-order valence-electron chi connectivity index (χ4n) is 6.85. The summed E-state index contributed by atoms with van der Waals surface area (Å²) in [6.07, 6.45) is 10.9. The van der Waals surface area contributed by atoms with E-state index in [9.17, 15) is 4.79 Å². The van der Waals surface area contributed by atoms with Gasteiger partial charge in [0, 0.05) is 13.0 Å². The highest BCUT2D eigenvalue weighted by molar-refractivity contribution is 5.73. The third-order valence-electron chi connectivity index (χ3n) is 8.12. The fourth-order valence-corrected chi connectivity index (χ4v) is 6.85. The molecule has 3 aliphatic carbocycles. The maximum absolute atomic E-state index is 11.6. The molecule has 140 valence electrons. The van der Waals surface area contributed by atoms with Gasteiger partial charge in [-0.1, -0.05) is 30.7 Å². The zero-order valence-electron chi connectivity index (χ0n) is 16.0. The number of hydrogen-bond donors (Lipinski definition) is 1. The van der Waals surface area contributed by atoms with Crippen molar-refractivity contribution in [2.45, 2.75) is 75.8 Å². The van der Waals surface area contributed by atoms with Gasteiger partial charge in [-0.2, -0.15) is 0 Å². The third-order valence-corrected chi connectivity index (χ3v) is 8.12. The molecule has 1 N–H and O–H groups in total. The summed E-state index contributed by atoms with van der Waals surface area (Å²) >= 11 is 0. The number of benzene rings is 1. The normalized spacial score (nSPS) is 35.4. The molecule has 0 unspecified atom stereocenters. The molecule has 0 aromatic heterocycles. The Balaban J connectivity index is 1.34. The lowest BCUT2D eigenvalue weighted by Crippen LogP contribution is -2.50. The molecule has 1 aliphatic heterocycles. The van der Waals surface area contributed by atoms with Crippen LogP contribution in [0.2, 0.25) is 0 Å². The number of nitrogens with one attached hydrogen (secondary N) is 1. The predicted octanol–water partition coefficient (Wildman–Crippen LogP) is 4.18. The van der Waals surface area contributed by atoms with Gasteiger partial charge in [-0.25, -0.2) is 0 Å². The Morgan fingerprint density at radius 3 is 2.58 bits per heavy atom. The minimum atomic E-state index is 0.0897. The quantitative estimate of drug-likeness (QED) is 0.866. The van der Waals surface area contributed by atoms with E-state index < -0.39 is 0 Å². The van der Waals surface area contributed by atoms with Gasteiger partial charge in [0.1, 0.15) is 0 Å². The third kappa shape index (κ3) is 2.70. The highest BCUT2D eigenvalue weighted by Crippen LogP contribution is 2.51. The van der Waals surface area contributed by atoms with E-state index in [4.69, 9.17) is 0 Å². The first-order chi connectivity index (χ1) is 12.6. The number of rotatable bonds is 2. The van der Waals surface area contributed by atoms with Gasteiger partial charge in [-0.05, 0) is 86.4 Å². The first-order valence-corrected chi connectivity index (χ1v) is 10.8. The summed E-state index contributed by atoms with van der Waals surface area (Å²) in [4.78, 5) is 14.5. The number of nitrogens with zero attached hydrogens (tertiary/aromatic N) is 1. The second kappa shape index (κ2) is 6.37. The van der Waals surface area contributed by atoms with Crippen molar-refractivity contribution in [1.29, 1.82) is 0 Å². The molecule has 3 heteroatoms. The van der Waals surface area contributed by atoms with Crippen LogP contribution in [0.1, 0.15) is 75.5 Å². The van der Waals surface area contributed by atoms with Gasteiger partial charge in [0.15, 0.2) is 0 Å². The summed E-state index contributed by atoms with van der Waals surface area (Å²) in [5, 5.41) is 3.18. The summed E-state index contributed by atoms with van der Waals surface area (Å²) in [7, 11) is 0. The maximum atomic E-state index is 11.6. The molecule has 1 heterocycles. The molecule has 1 amide bonds. The van der Waals surface area contributed by atoms with E-state index in [1.807, 2.05) is 0 Å². The number of amides is 1. The molecule has 26 heavy (non-hydrogen) atoms. The van der Waals surface area contributed by atoms with Crippen LogP contribution in [0.3, 0.4) is 0 Å². The Hall–Kier alpha value is -1.35. The zero-order chi connectivity index (χ0) is 17.7. The van der Waals surface area contributed by atoms with Gasteiger partial charge < -0.3 is 10.2 Å². The SMILES string of the molecule is CC(=O)N[C@@H]1CCC2(CCN([C@@H]3C[C@H]4CC[C@@H]3C4)CC2)c2ccccc21. The Morgan fingerprint density at radius 2 is 1.88 bits per heavy atom. The Morgan fingerprint density at radius 1 is 1.08 bits per heavy atom. The van der Waals surface area contributed by atoms with Gasteiger partial charge in [-0.3, -0.25) is 4.79 Å². The minimum absolute atomic E-state index is 0.0897. The molecule has 1 aromatic carbocycles. The maximum Gasteiger partial charge on any atom is 0.217 e. The van der Waals surface area contributed by atoms with E-state index >= 15 is 0 Å². The van der Waals surface area contributed by atoms with Crippen LogP contribution in [0.4, 0.5) is 0 Å². The molecule has 1 aromatic rings. The van der Waals surface area contributed by atoms with Crippen molar-refractivity contribution < 1.29 is 4.79 Å². The summed E-state index contributed by atoms with van der Waals surface area (Å²) in [5.74, 6) is 2.12. The first-order valence-electron chi connectivity index (χ1n) is 10.8. The summed E-state index contributed by atoms with van der Waals surface area (Å²) in [5.41, 5.74) is 3.25. The number of likely N-dealkylation sites (tertiary alicyclic amines) is 1. The van der Waals surface area contributed by atoms with Crippen molar-refractivity contribution in [3.05, 3.63) is 35.4 Å². The Labute approximate surface area is 157 Å². The van der Waals surface area contributed by atoms with Crippen LogP contribution in [0, 0.1) is 11.8 Å². The van der Waals surface area contributed by atoms with Crippen LogP contribution in [0.15, 0.2) is 24.3 Å². The predicted molar refractivity (Wildman–Crippen MR) is 104 cm³/mol. The van der Waals surface area contributed by atoms with E-state index in [0.717, 1.165) is 24.3 Å². The van der Waals surface area contributed by atoms with Crippen molar-refractivity contribution in [2.24, 2.45) is 11.8 Å². The molecule has 1 spiro atoms. The van der Waals surface area contributed by atoms with E-state index in [0.29, 0.717) is 5.41 Å². The Bertz CT molecular complexity index is 691. The second-order valence-corrected chi connectivity index (χ2v) is 9.44. The summed E-state index contributed by atoms with van der Waals surface area (Å²) in [6.45, 7) is 4.18. The van der Waals surface area contributed by atoms with Crippen LogP contribution < -0.4 is 5.32 Å². The lowest BCUT2D eigenvalue weighted by atomic mass is 9.63. The molecule has 5 rings (SSSR count). The van der Waals surface area contributed by atoms with E-state index in [2.05, 4.69) is 34.5 Å². The Kier molecular flexibility index (Phi) is 4.11. The average molecular weight is 353 g/mol. The van der Waals surface area contributed by atoms with Crippen molar-refractivity contribution in [3.8, 4) is 0 Å².